The van der Waals surface area contributed by atoms with Crippen molar-refractivity contribution in [3.63, 3.8) is 0 Å². The number of carbonyl (C=O) groups is 1. The van der Waals surface area contributed by atoms with Gasteiger partial charge in [0.05, 0.1) is 13.2 Å². The smallest absolute Gasteiger partial charge is 0.376 e. The normalized spacial score (nSPS) is 12.0. The molecule has 6 heteroatoms. The molecule has 0 saturated heterocycles. The summed E-state index contributed by atoms with van der Waals surface area (Å²) in [5.74, 6) is 0.109. The fourth-order valence-corrected chi connectivity index (χ4v) is 1.43. The summed E-state index contributed by atoms with van der Waals surface area (Å²) in [6.45, 7) is 6.99. The number of aromatic nitrogens is 2. The first-order valence-corrected chi connectivity index (χ1v) is 5.86. The number of nitrogens with one attached hydrogen (secondary N) is 1. The third-order valence-electron chi connectivity index (χ3n) is 2.24. The summed E-state index contributed by atoms with van der Waals surface area (Å²) in [6.07, 6.45) is 0.0758. The van der Waals surface area contributed by atoms with Crippen LogP contribution < -0.4 is 5.32 Å². The number of carbonyl (C=O) groups excluding carboxylic acids is 1. The predicted octanol–water partition coefficient (Wildman–Crippen LogP) is 1.41. The van der Waals surface area contributed by atoms with E-state index in [0.717, 1.165) is 0 Å². The molecule has 0 amide bonds. The van der Waals surface area contributed by atoms with Gasteiger partial charge in [-0.15, -0.1) is 0 Å². The van der Waals surface area contributed by atoms with Crippen molar-refractivity contribution < 1.29 is 14.3 Å². The molecule has 0 spiro atoms. The summed E-state index contributed by atoms with van der Waals surface area (Å²) in [4.78, 5) is 19.5. The van der Waals surface area contributed by atoms with E-state index in [4.69, 9.17) is 4.74 Å². The van der Waals surface area contributed by atoms with Crippen LogP contribution >= 0.6 is 0 Å². The average molecular weight is 253 g/mol. The maximum atomic E-state index is 11.4. The Morgan fingerprint density at radius 1 is 1.50 bits per heavy atom. The summed E-state index contributed by atoms with van der Waals surface area (Å²) in [5.41, 5.74) is 0.706. The van der Waals surface area contributed by atoms with Crippen molar-refractivity contribution >= 4 is 11.8 Å². The number of aryl methyl sites for hydroxylation is 1. The fraction of sp³-hybridized carbons (Fsp3) is 0.583. The van der Waals surface area contributed by atoms with Gasteiger partial charge in [-0.1, -0.05) is 0 Å². The molecule has 0 saturated carbocycles. The van der Waals surface area contributed by atoms with E-state index in [1.807, 2.05) is 13.8 Å². The topological polar surface area (TPSA) is 73.3 Å². The minimum Gasteiger partial charge on any atom is -0.463 e. The maximum absolute atomic E-state index is 11.4. The molecule has 0 aliphatic carbocycles. The molecule has 0 aliphatic heterocycles. The van der Waals surface area contributed by atoms with E-state index in [9.17, 15) is 4.79 Å². The molecule has 0 aliphatic rings. The minimum atomic E-state index is -0.542. The van der Waals surface area contributed by atoms with Crippen LogP contribution in [0.2, 0.25) is 0 Å². The first-order valence-electron chi connectivity index (χ1n) is 5.86. The van der Waals surface area contributed by atoms with Crippen LogP contribution in [0.1, 0.15) is 30.2 Å². The summed E-state index contributed by atoms with van der Waals surface area (Å²) in [5, 5.41) is 3.11. The van der Waals surface area contributed by atoms with Crippen LogP contribution in [0.15, 0.2) is 6.07 Å². The van der Waals surface area contributed by atoms with Gasteiger partial charge in [0.25, 0.3) is 0 Å². The molecule has 0 aromatic carbocycles. The Bertz CT molecular complexity index is 410. The lowest BCUT2D eigenvalue weighted by molar-refractivity contribution is 0.0586. The van der Waals surface area contributed by atoms with E-state index in [-0.39, 0.29) is 11.9 Å². The Balaban J connectivity index is 2.71. The molecule has 1 N–H and O–H groups in total. The van der Waals surface area contributed by atoms with Crippen molar-refractivity contribution in [3.05, 3.63) is 17.6 Å². The third-order valence-corrected chi connectivity index (χ3v) is 2.24. The van der Waals surface area contributed by atoms with Gasteiger partial charge in [-0.25, -0.2) is 14.8 Å². The molecular weight excluding hydrogens is 234 g/mol. The predicted molar refractivity (Wildman–Crippen MR) is 67.7 cm³/mol. The number of anilines is 1. The van der Waals surface area contributed by atoms with Crippen molar-refractivity contribution in [2.24, 2.45) is 0 Å². The van der Waals surface area contributed by atoms with Crippen LogP contribution in [0.3, 0.4) is 0 Å². The van der Waals surface area contributed by atoms with Gasteiger partial charge < -0.3 is 14.8 Å². The van der Waals surface area contributed by atoms with Crippen LogP contribution in [0.4, 0.5) is 5.82 Å². The minimum absolute atomic E-state index is 0.0593. The summed E-state index contributed by atoms with van der Waals surface area (Å²) < 4.78 is 9.99. The summed E-state index contributed by atoms with van der Waals surface area (Å²) >= 11 is 0. The van der Waals surface area contributed by atoms with Crippen LogP contribution in [-0.2, 0) is 9.47 Å². The van der Waals surface area contributed by atoms with Crippen molar-refractivity contribution in [2.45, 2.75) is 26.9 Å². The monoisotopic (exact) mass is 253 g/mol. The van der Waals surface area contributed by atoms with Crippen LogP contribution in [-0.4, -0.2) is 42.3 Å². The number of hydrogen-bond donors (Lipinski definition) is 1. The number of hydrogen-bond acceptors (Lipinski definition) is 6. The second kappa shape index (κ2) is 6.90. The molecule has 100 valence electrons. The number of ether oxygens (including phenoxy) is 2. The van der Waals surface area contributed by atoms with E-state index < -0.39 is 5.97 Å². The fourth-order valence-electron chi connectivity index (χ4n) is 1.43. The summed E-state index contributed by atoms with van der Waals surface area (Å²) in [7, 11) is 1.30. The Kier molecular flexibility index (Phi) is 5.51. The van der Waals surface area contributed by atoms with E-state index >= 15 is 0 Å². The second-order valence-corrected chi connectivity index (χ2v) is 3.86. The Labute approximate surface area is 107 Å². The number of esters is 1. The van der Waals surface area contributed by atoms with Crippen LogP contribution in [0.5, 0.6) is 0 Å². The van der Waals surface area contributed by atoms with Crippen LogP contribution in [0.25, 0.3) is 0 Å². The molecule has 0 radical (unpaired) electrons. The largest absolute Gasteiger partial charge is 0.463 e. The van der Waals surface area contributed by atoms with Gasteiger partial charge in [-0.3, -0.25) is 0 Å². The third kappa shape index (κ3) is 4.29. The Hall–Kier alpha value is -1.69. The first-order chi connectivity index (χ1) is 8.56. The van der Waals surface area contributed by atoms with E-state index in [1.54, 1.807) is 13.0 Å². The molecule has 1 aromatic rings. The van der Waals surface area contributed by atoms with Gasteiger partial charge in [0, 0.05) is 24.9 Å². The van der Waals surface area contributed by atoms with Gasteiger partial charge in [0.15, 0.2) is 0 Å². The molecule has 0 bridgehead atoms. The van der Waals surface area contributed by atoms with Crippen LogP contribution in [0, 0.1) is 6.92 Å². The molecular formula is C12H19N3O3. The number of nitrogens with zero attached hydrogens (tertiary/aromatic N) is 2. The van der Waals surface area contributed by atoms with Crippen molar-refractivity contribution in [1.82, 2.24) is 9.97 Å². The lowest BCUT2D eigenvalue weighted by Gasteiger charge is -2.13. The Morgan fingerprint density at radius 2 is 2.22 bits per heavy atom. The lowest BCUT2D eigenvalue weighted by atomic mass is 10.3. The zero-order valence-electron chi connectivity index (χ0n) is 11.2. The highest BCUT2D eigenvalue weighted by Crippen LogP contribution is 2.07. The molecule has 1 rings (SSSR count). The SMILES string of the molecule is CCOC(C)CNc1cc(C)nc(C(=O)OC)n1. The van der Waals surface area contributed by atoms with Gasteiger partial charge in [0.2, 0.25) is 5.82 Å². The second-order valence-electron chi connectivity index (χ2n) is 3.86. The van der Waals surface area contributed by atoms with E-state index in [0.29, 0.717) is 24.7 Å². The highest BCUT2D eigenvalue weighted by atomic mass is 16.5. The standard InChI is InChI=1S/C12H19N3O3/c1-5-18-9(3)7-13-10-6-8(2)14-11(15-10)12(16)17-4/h6,9H,5,7H2,1-4H3,(H,13,14,15). The molecule has 1 atom stereocenters. The van der Waals surface area contributed by atoms with Crippen molar-refractivity contribution in [1.29, 1.82) is 0 Å². The highest BCUT2D eigenvalue weighted by Gasteiger charge is 2.11. The molecule has 1 unspecified atom stereocenters. The maximum Gasteiger partial charge on any atom is 0.376 e. The zero-order valence-corrected chi connectivity index (χ0v) is 11.2. The first kappa shape index (κ1) is 14.4. The van der Waals surface area contributed by atoms with Gasteiger partial charge in [-0.2, -0.15) is 0 Å². The van der Waals surface area contributed by atoms with Gasteiger partial charge in [-0.05, 0) is 20.8 Å². The average Bonchev–Trinajstić information content (AvgIpc) is 2.35. The van der Waals surface area contributed by atoms with Crippen molar-refractivity contribution in [2.75, 3.05) is 25.6 Å². The molecule has 6 nitrogen and oxygen atoms in total. The molecule has 1 aromatic heterocycles. The van der Waals surface area contributed by atoms with Gasteiger partial charge >= 0.3 is 5.97 Å². The molecule has 0 fully saturated rings. The summed E-state index contributed by atoms with van der Waals surface area (Å²) in [6, 6.07) is 1.77. The van der Waals surface area contributed by atoms with E-state index in [2.05, 4.69) is 20.0 Å². The highest BCUT2D eigenvalue weighted by molar-refractivity contribution is 5.85. The number of rotatable bonds is 6. The zero-order chi connectivity index (χ0) is 13.5. The Morgan fingerprint density at radius 3 is 2.83 bits per heavy atom. The lowest BCUT2D eigenvalue weighted by Crippen LogP contribution is -2.21. The van der Waals surface area contributed by atoms with E-state index in [1.165, 1.54) is 7.11 Å². The number of methoxy groups -OCH3 is 1. The molecule has 18 heavy (non-hydrogen) atoms. The van der Waals surface area contributed by atoms with Gasteiger partial charge in [0.1, 0.15) is 5.82 Å². The quantitative estimate of drug-likeness (QED) is 0.773. The van der Waals surface area contributed by atoms with Crippen molar-refractivity contribution in [3.8, 4) is 0 Å². The molecule has 1 heterocycles.